The Morgan fingerprint density at radius 1 is 1.56 bits per heavy atom. The maximum absolute atomic E-state index is 8.95. The van der Waals surface area contributed by atoms with Crippen LogP contribution in [0.1, 0.15) is 19.8 Å². The minimum Gasteiger partial charge on any atom is -0.392 e. The summed E-state index contributed by atoms with van der Waals surface area (Å²) >= 11 is 0. The van der Waals surface area contributed by atoms with Gasteiger partial charge in [0.2, 0.25) is 0 Å². The normalized spacial score (nSPS) is 17.3. The molecule has 0 saturated heterocycles. The van der Waals surface area contributed by atoms with Crippen LogP contribution in [0.2, 0.25) is 0 Å². The van der Waals surface area contributed by atoms with E-state index in [4.69, 9.17) is 16.6 Å². The van der Waals surface area contributed by atoms with E-state index in [9.17, 15) is 0 Å². The van der Waals surface area contributed by atoms with Gasteiger partial charge in [0.25, 0.3) is 0 Å². The number of aliphatic hydroxyl groups is 1. The summed E-state index contributed by atoms with van der Waals surface area (Å²) in [7, 11) is 0. The summed E-state index contributed by atoms with van der Waals surface area (Å²) < 4.78 is 0. The number of aliphatic hydroxyl groups excluding tert-OH is 1. The summed E-state index contributed by atoms with van der Waals surface area (Å²) in [5.74, 6) is 0. The third-order valence-electron chi connectivity index (χ3n) is 1.37. The molecule has 9 heavy (non-hydrogen) atoms. The van der Waals surface area contributed by atoms with Crippen molar-refractivity contribution in [2.75, 3.05) is 6.54 Å². The highest BCUT2D eigenvalue weighted by atomic mass is 16.3. The first-order chi connectivity index (χ1) is 4.20. The fourth-order valence-corrected chi connectivity index (χ4v) is 0.612. The monoisotopic (exact) mass is 132 g/mol. The van der Waals surface area contributed by atoms with Crippen molar-refractivity contribution in [3.63, 3.8) is 0 Å². The van der Waals surface area contributed by atoms with Crippen LogP contribution in [0, 0.1) is 0 Å². The Labute approximate surface area is 56.0 Å². The predicted octanol–water partition coefficient (Wildman–Crippen LogP) is -0.567. The Morgan fingerprint density at radius 2 is 2.11 bits per heavy atom. The van der Waals surface area contributed by atoms with Crippen molar-refractivity contribution in [1.29, 1.82) is 0 Å². The van der Waals surface area contributed by atoms with Gasteiger partial charge in [0.05, 0.1) is 6.10 Å². The molecule has 2 atom stereocenters. The van der Waals surface area contributed by atoms with Crippen LogP contribution >= 0.6 is 0 Å². The molecular weight excluding hydrogens is 116 g/mol. The molecule has 0 aliphatic rings. The van der Waals surface area contributed by atoms with Crippen LogP contribution in [0.15, 0.2) is 0 Å². The van der Waals surface area contributed by atoms with Crippen LogP contribution in [-0.4, -0.2) is 23.8 Å². The average Bonchev–Trinajstić information content (AvgIpc) is 1.87. The van der Waals surface area contributed by atoms with Crippen LogP contribution in [-0.2, 0) is 0 Å². The molecule has 0 aromatic heterocycles. The standard InChI is InChI=1S/C6H16N2O/c1-2-5(8)3-6(9)4-7/h5-6,9H,2-4,7-8H2,1H3/t5-,6?/m1/s1. The topological polar surface area (TPSA) is 72.3 Å². The maximum atomic E-state index is 8.95. The summed E-state index contributed by atoms with van der Waals surface area (Å²) in [6.07, 6.45) is 1.10. The van der Waals surface area contributed by atoms with E-state index in [1.54, 1.807) is 0 Å². The largest absolute Gasteiger partial charge is 0.392 e. The van der Waals surface area contributed by atoms with E-state index in [1.165, 1.54) is 0 Å². The molecule has 5 N–H and O–H groups in total. The zero-order chi connectivity index (χ0) is 7.28. The number of hydrogen-bond acceptors (Lipinski definition) is 3. The lowest BCUT2D eigenvalue weighted by molar-refractivity contribution is 0.162. The molecule has 3 nitrogen and oxygen atoms in total. The average molecular weight is 132 g/mol. The minimum absolute atomic E-state index is 0.101. The molecule has 0 spiro atoms. The van der Waals surface area contributed by atoms with Crippen molar-refractivity contribution in [1.82, 2.24) is 0 Å². The second-order valence-corrected chi connectivity index (χ2v) is 2.29. The van der Waals surface area contributed by atoms with Gasteiger partial charge < -0.3 is 16.6 Å². The van der Waals surface area contributed by atoms with Crippen molar-refractivity contribution >= 4 is 0 Å². The zero-order valence-corrected chi connectivity index (χ0v) is 5.88. The fraction of sp³-hybridized carbons (Fsp3) is 1.00. The van der Waals surface area contributed by atoms with Gasteiger partial charge in [-0.15, -0.1) is 0 Å². The van der Waals surface area contributed by atoms with Gasteiger partial charge in [0.1, 0.15) is 0 Å². The number of rotatable bonds is 4. The van der Waals surface area contributed by atoms with Gasteiger partial charge in [-0.25, -0.2) is 0 Å². The van der Waals surface area contributed by atoms with Gasteiger partial charge in [-0.3, -0.25) is 0 Å². The van der Waals surface area contributed by atoms with E-state index in [0.717, 1.165) is 6.42 Å². The van der Waals surface area contributed by atoms with E-state index in [0.29, 0.717) is 13.0 Å². The van der Waals surface area contributed by atoms with Gasteiger partial charge in [0.15, 0.2) is 0 Å². The summed E-state index contributed by atoms with van der Waals surface area (Å²) in [6.45, 7) is 2.31. The van der Waals surface area contributed by atoms with E-state index < -0.39 is 6.10 Å². The van der Waals surface area contributed by atoms with E-state index in [-0.39, 0.29) is 6.04 Å². The molecule has 0 amide bonds. The predicted molar refractivity (Wildman–Crippen MR) is 37.9 cm³/mol. The zero-order valence-electron chi connectivity index (χ0n) is 5.88. The Morgan fingerprint density at radius 3 is 2.44 bits per heavy atom. The Kier molecular flexibility index (Phi) is 4.67. The quantitative estimate of drug-likeness (QED) is 0.480. The molecule has 56 valence electrons. The molecule has 3 heteroatoms. The van der Waals surface area contributed by atoms with Crippen molar-refractivity contribution < 1.29 is 5.11 Å². The molecule has 0 aromatic rings. The lowest BCUT2D eigenvalue weighted by atomic mass is 10.1. The molecule has 0 radical (unpaired) electrons. The van der Waals surface area contributed by atoms with Crippen LogP contribution < -0.4 is 11.5 Å². The lowest BCUT2D eigenvalue weighted by Crippen LogP contribution is -2.29. The first-order valence-corrected chi connectivity index (χ1v) is 3.34. The van der Waals surface area contributed by atoms with Crippen LogP contribution in [0.4, 0.5) is 0 Å². The fourth-order valence-electron chi connectivity index (χ4n) is 0.612. The van der Waals surface area contributed by atoms with Crippen molar-refractivity contribution in [2.45, 2.75) is 31.9 Å². The third kappa shape index (κ3) is 4.39. The molecule has 0 saturated carbocycles. The van der Waals surface area contributed by atoms with E-state index >= 15 is 0 Å². The second-order valence-electron chi connectivity index (χ2n) is 2.29. The summed E-state index contributed by atoms with van der Waals surface area (Å²) in [6, 6.07) is 0.101. The maximum Gasteiger partial charge on any atom is 0.0677 e. The summed E-state index contributed by atoms with van der Waals surface area (Å²) in [5.41, 5.74) is 10.7. The van der Waals surface area contributed by atoms with Gasteiger partial charge in [0, 0.05) is 12.6 Å². The van der Waals surface area contributed by atoms with Gasteiger partial charge in [-0.2, -0.15) is 0 Å². The second kappa shape index (κ2) is 4.73. The summed E-state index contributed by atoms with van der Waals surface area (Å²) in [5, 5.41) is 8.95. The molecule has 0 aliphatic carbocycles. The van der Waals surface area contributed by atoms with Gasteiger partial charge in [-0.1, -0.05) is 6.92 Å². The Hall–Kier alpha value is -0.120. The minimum atomic E-state index is -0.417. The van der Waals surface area contributed by atoms with Gasteiger partial charge in [-0.05, 0) is 12.8 Å². The van der Waals surface area contributed by atoms with Crippen molar-refractivity contribution in [3.05, 3.63) is 0 Å². The molecule has 1 unspecified atom stereocenters. The first kappa shape index (κ1) is 8.88. The smallest absolute Gasteiger partial charge is 0.0677 e. The molecule has 0 heterocycles. The molecule has 0 fully saturated rings. The first-order valence-electron chi connectivity index (χ1n) is 3.34. The molecule has 0 rings (SSSR count). The third-order valence-corrected chi connectivity index (χ3v) is 1.37. The van der Waals surface area contributed by atoms with Gasteiger partial charge >= 0.3 is 0 Å². The molecule has 0 aliphatic heterocycles. The highest BCUT2D eigenvalue weighted by Gasteiger charge is 2.05. The van der Waals surface area contributed by atoms with Crippen molar-refractivity contribution in [3.8, 4) is 0 Å². The van der Waals surface area contributed by atoms with Crippen molar-refractivity contribution in [2.24, 2.45) is 11.5 Å². The number of nitrogens with two attached hydrogens (primary N) is 2. The highest BCUT2D eigenvalue weighted by Crippen LogP contribution is 1.96. The van der Waals surface area contributed by atoms with Crippen LogP contribution in [0.3, 0.4) is 0 Å². The molecular formula is C6H16N2O. The molecule has 0 aromatic carbocycles. The van der Waals surface area contributed by atoms with E-state index in [2.05, 4.69) is 0 Å². The Bertz CT molecular complexity index is 60.1. The van der Waals surface area contributed by atoms with Crippen LogP contribution in [0.5, 0.6) is 0 Å². The summed E-state index contributed by atoms with van der Waals surface area (Å²) in [4.78, 5) is 0. The molecule has 0 bridgehead atoms. The Balaban J connectivity index is 3.22. The van der Waals surface area contributed by atoms with E-state index in [1.807, 2.05) is 6.92 Å². The highest BCUT2D eigenvalue weighted by molar-refractivity contribution is 4.65. The lowest BCUT2D eigenvalue weighted by Gasteiger charge is -2.11. The SMILES string of the molecule is CC[C@@H](N)CC(O)CN. The van der Waals surface area contributed by atoms with Crippen LogP contribution in [0.25, 0.3) is 0 Å². The number of hydrogen-bond donors (Lipinski definition) is 3.